The van der Waals surface area contributed by atoms with Gasteiger partial charge in [0.2, 0.25) is 0 Å². The van der Waals surface area contributed by atoms with Gasteiger partial charge in [0.25, 0.3) is 5.91 Å². The van der Waals surface area contributed by atoms with E-state index in [1.54, 1.807) is 6.07 Å². The highest BCUT2D eigenvalue weighted by molar-refractivity contribution is 9.10. The molecule has 1 saturated heterocycles. The van der Waals surface area contributed by atoms with Crippen molar-refractivity contribution in [3.8, 4) is 0 Å². The third-order valence-corrected chi connectivity index (χ3v) is 4.88. The first-order valence-electron chi connectivity index (χ1n) is 6.48. The molecule has 0 aromatic heterocycles. The third kappa shape index (κ3) is 3.94. The number of likely N-dealkylation sites (tertiary alicyclic amines) is 1. The molecule has 1 aromatic carbocycles. The zero-order chi connectivity index (χ0) is 13.8. The highest BCUT2D eigenvalue weighted by atomic mass is 79.9. The molecule has 2 rings (SSSR count). The van der Waals surface area contributed by atoms with Crippen LogP contribution < -0.4 is 5.32 Å². The van der Waals surface area contributed by atoms with Gasteiger partial charge in [-0.25, -0.2) is 0 Å². The lowest BCUT2D eigenvalue weighted by Crippen LogP contribution is -2.36. The van der Waals surface area contributed by atoms with Gasteiger partial charge in [-0.1, -0.05) is 17.7 Å². The van der Waals surface area contributed by atoms with E-state index < -0.39 is 0 Å². The minimum Gasteiger partial charge on any atom is -0.352 e. The Balaban J connectivity index is 1.89. The lowest BCUT2D eigenvalue weighted by molar-refractivity contribution is 0.0939. The maximum atomic E-state index is 12.1. The Morgan fingerprint density at radius 3 is 2.84 bits per heavy atom. The lowest BCUT2D eigenvalue weighted by atomic mass is 9.97. The molecule has 5 heteroatoms. The SMILES string of the molecule is CN1CCC(CNC(=O)c2cccc(Br)c2Cl)CC1. The van der Waals surface area contributed by atoms with Crippen LogP contribution in [-0.2, 0) is 0 Å². The minimum absolute atomic E-state index is 0.0924. The highest BCUT2D eigenvalue weighted by Gasteiger charge is 2.18. The molecular weight excluding hydrogens is 328 g/mol. The Bertz CT molecular complexity index is 459. The molecule has 1 N–H and O–H groups in total. The molecule has 0 atom stereocenters. The van der Waals surface area contributed by atoms with Gasteiger partial charge < -0.3 is 10.2 Å². The number of halogens is 2. The van der Waals surface area contributed by atoms with Crippen molar-refractivity contribution in [3.63, 3.8) is 0 Å². The quantitative estimate of drug-likeness (QED) is 0.912. The van der Waals surface area contributed by atoms with E-state index in [2.05, 4.69) is 33.2 Å². The van der Waals surface area contributed by atoms with E-state index in [0.29, 0.717) is 16.5 Å². The number of rotatable bonds is 3. The predicted molar refractivity (Wildman–Crippen MR) is 81.7 cm³/mol. The summed E-state index contributed by atoms with van der Waals surface area (Å²) in [5.41, 5.74) is 0.531. The highest BCUT2D eigenvalue weighted by Crippen LogP contribution is 2.26. The molecule has 0 bridgehead atoms. The number of nitrogens with zero attached hydrogens (tertiary/aromatic N) is 1. The van der Waals surface area contributed by atoms with Crippen LogP contribution in [0.4, 0.5) is 0 Å². The van der Waals surface area contributed by atoms with Crippen LogP contribution in [0.5, 0.6) is 0 Å². The first kappa shape index (κ1) is 14.8. The molecule has 0 unspecified atom stereocenters. The molecule has 19 heavy (non-hydrogen) atoms. The van der Waals surface area contributed by atoms with Crippen molar-refractivity contribution in [2.45, 2.75) is 12.8 Å². The van der Waals surface area contributed by atoms with E-state index in [9.17, 15) is 4.79 Å². The van der Waals surface area contributed by atoms with Gasteiger partial charge >= 0.3 is 0 Å². The first-order valence-corrected chi connectivity index (χ1v) is 7.66. The van der Waals surface area contributed by atoms with E-state index in [1.807, 2.05) is 12.1 Å². The average Bonchev–Trinajstić information content (AvgIpc) is 2.41. The van der Waals surface area contributed by atoms with Gasteiger partial charge in [0.1, 0.15) is 0 Å². The number of amides is 1. The fraction of sp³-hybridized carbons (Fsp3) is 0.500. The number of carbonyl (C=O) groups is 1. The van der Waals surface area contributed by atoms with Crippen molar-refractivity contribution in [1.29, 1.82) is 0 Å². The van der Waals surface area contributed by atoms with Crippen molar-refractivity contribution in [2.24, 2.45) is 5.92 Å². The Labute approximate surface area is 127 Å². The summed E-state index contributed by atoms with van der Waals surface area (Å²) in [6.07, 6.45) is 2.28. The van der Waals surface area contributed by atoms with Gasteiger partial charge in [0.05, 0.1) is 10.6 Å². The Hall–Kier alpha value is -0.580. The van der Waals surface area contributed by atoms with Crippen LogP contribution in [0.15, 0.2) is 22.7 Å². The van der Waals surface area contributed by atoms with Crippen LogP contribution in [0, 0.1) is 5.92 Å². The van der Waals surface area contributed by atoms with E-state index in [1.165, 1.54) is 0 Å². The van der Waals surface area contributed by atoms with Gasteiger partial charge in [-0.05, 0) is 67.0 Å². The van der Waals surface area contributed by atoms with Crippen LogP contribution in [0.3, 0.4) is 0 Å². The second-order valence-corrected chi connectivity index (χ2v) is 6.29. The lowest BCUT2D eigenvalue weighted by Gasteiger charge is -2.28. The smallest absolute Gasteiger partial charge is 0.252 e. The van der Waals surface area contributed by atoms with Gasteiger partial charge in [0.15, 0.2) is 0 Å². The molecule has 1 amide bonds. The summed E-state index contributed by atoms with van der Waals surface area (Å²) >= 11 is 9.45. The maximum absolute atomic E-state index is 12.1. The zero-order valence-corrected chi connectivity index (χ0v) is 13.3. The summed E-state index contributed by atoms with van der Waals surface area (Å²) in [6, 6.07) is 5.40. The van der Waals surface area contributed by atoms with Crippen LogP contribution in [0.25, 0.3) is 0 Å². The molecule has 3 nitrogen and oxygen atoms in total. The van der Waals surface area contributed by atoms with Crippen molar-refractivity contribution in [2.75, 3.05) is 26.7 Å². The standard InChI is InChI=1S/C14H18BrClN2O/c1-18-7-5-10(6-8-18)9-17-14(19)11-3-2-4-12(15)13(11)16/h2-4,10H,5-9H2,1H3,(H,17,19). The normalized spacial score (nSPS) is 17.4. The van der Waals surface area contributed by atoms with Gasteiger partial charge in [-0.3, -0.25) is 4.79 Å². The number of carbonyl (C=O) groups excluding carboxylic acids is 1. The van der Waals surface area contributed by atoms with E-state index in [0.717, 1.165) is 36.9 Å². The maximum Gasteiger partial charge on any atom is 0.252 e. The molecule has 104 valence electrons. The summed E-state index contributed by atoms with van der Waals surface area (Å²) in [5.74, 6) is 0.483. The van der Waals surface area contributed by atoms with Crippen LogP contribution in [-0.4, -0.2) is 37.5 Å². The Morgan fingerprint density at radius 1 is 1.47 bits per heavy atom. The predicted octanol–water partition coefficient (Wildman–Crippen LogP) is 3.17. The topological polar surface area (TPSA) is 32.3 Å². The summed E-state index contributed by atoms with van der Waals surface area (Å²) in [7, 11) is 2.13. The molecule has 0 spiro atoms. The second kappa shape index (κ2) is 6.73. The van der Waals surface area contributed by atoms with Crippen LogP contribution in [0.2, 0.25) is 5.02 Å². The summed E-state index contributed by atoms with van der Waals surface area (Å²) < 4.78 is 0.751. The summed E-state index contributed by atoms with van der Waals surface area (Å²) in [5, 5.41) is 3.46. The number of hydrogen-bond donors (Lipinski definition) is 1. The molecule has 0 saturated carbocycles. The molecule has 1 fully saturated rings. The van der Waals surface area contributed by atoms with E-state index >= 15 is 0 Å². The summed E-state index contributed by atoms with van der Waals surface area (Å²) in [6.45, 7) is 2.95. The molecule has 0 aliphatic carbocycles. The van der Waals surface area contributed by atoms with Crippen molar-refractivity contribution >= 4 is 33.4 Å². The Kier molecular flexibility index (Phi) is 5.25. The molecule has 1 aliphatic heterocycles. The first-order chi connectivity index (χ1) is 9.08. The fourth-order valence-corrected chi connectivity index (χ4v) is 2.86. The number of benzene rings is 1. The number of nitrogens with one attached hydrogen (secondary N) is 1. The van der Waals surface area contributed by atoms with Gasteiger partial charge in [-0.15, -0.1) is 0 Å². The van der Waals surface area contributed by atoms with Gasteiger partial charge in [-0.2, -0.15) is 0 Å². The van der Waals surface area contributed by atoms with Gasteiger partial charge in [0, 0.05) is 11.0 Å². The number of hydrogen-bond acceptors (Lipinski definition) is 2. The van der Waals surface area contributed by atoms with E-state index in [-0.39, 0.29) is 5.91 Å². The average molecular weight is 346 g/mol. The third-order valence-electron chi connectivity index (χ3n) is 3.59. The molecular formula is C14H18BrClN2O. The van der Waals surface area contributed by atoms with Crippen molar-refractivity contribution in [1.82, 2.24) is 10.2 Å². The largest absolute Gasteiger partial charge is 0.352 e. The fourth-order valence-electron chi connectivity index (χ4n) is 2.28. The molecule has 1 heterocycles. The van der Waals surface area contributed by atoms with Crippen LogP contribution in [0.1, 0.15) is 23.2 Å². The van der Waals surface area contributed by atoms with Crippen LogP contribution >= 0.6 is 27.5 Å². The molecule has 1 aromatic rings. The second-order valence-electron chi connectivity index (χ2n) is 5.06. The van der Waals surface area contributed by atoms with Crippen molar-refractivity contribution in [3.05, 3.63) is 33.3 Å². The molecule has 1 aliphatic rings. The minimum atomic E-state index is -0.0924. The monoisotopic (exact) mass is 344 g/mol. The zero-order valence-electron chi connectivity index (χ0n) is 11.0. The Morgan fingerprint density at radius 2 is 2.16 bits per heavy atom. The molecule has 0 radical (unpaired) electrons. The number of piperidine rings is 1. The van der Waals surface area contributed by atoms with Crippen molar-refractivity contribution < 1.29 is 4.79 Å². The van der Waals surface area contributed by atoms with E-state index in [4.69, 9.17) is 11.6 Å². The summed E-state index contributed by atoms with van der Waals surface area (Å²) in [4.78, 5) is 14.4.